The molecule has 0 fully saturated rings. The first kappa shape index (κ1) is 17.1. The summed E-state index contributed by atoms with van der Waals surface area (Å²) in [6.45, 7) is 5.54. The minimum Gasteiger partial charge on any atom is -0.328 e. The van der Waals surface area contributed by atoms with Crippen LogP contribution in [0.5, 0.6) is 0 Å². The van der Waals surface area contributed by atoms with Gasteiger partial charge in [-0.3, -0.25) is 14.6 Å². The maximum atomic E-state index is 12.4. The summed E-state index contributed by atoms with van der Waals surface area (Å²) >= 11 is 0. The van der Waals surface area contributed by atoms with E-state index in [1.54, 1.807) is 6.92 Å². The molecule has 7 heteroatoms. The molecule has 0 aromatic carbocycles. The van der Waals surface area contributed by atoms with E-state index in [1.165, 1.54) is 11.0 Å². The summed E-state index contributed by atoms with van der Waals surface area (Å²) in [5, 5.41) is 0. The Balaban J connectivity index is 2.94. The van der Waals surface area contributed by atoms with Gasteiger partial charge in [-0.1, -0.05) is 13.8 Å². The van der Waals surface area contributed by atoms with E-state index < -0.39 is 17.6 Å². The summed E-state index contributed by atoms with van der Waals surface area (Å²) in [4.78, 5) is 27.3. The standard InChI is InChI=1S/C14H17F3N2O2/c1-9(2)10(3)19(13(21)8-20)7-12-5-4-11(6-18-12)14(15,16)17/h4-6,8-10H,7H2,1-3H3. The molecule has 1 unspecified atom stereocenters. The van der Waals surface area contributed by atoms with Crippen LogP contribution in [0.1, 0.15) is 32.0 Å². The van der Waals surface area contributed by atoms with Gasteiger partial charge in [0.05, 0.1) is 17.8 Å². The van der Waals surface area contributed by atoms with Gasteiger partial charge in [0, 0.05) is 12.2 Å². The van der Waals surface area contributed by atoms with Crippen molar-refractivity contribution in [3.05, 3.63) is 29.6 Å². The van der Waals surface area contributed by atoms with E-state index in [0.29, 0.717) is 5.69 Å². The summed E-state index contributed by atoms with van der Waals surface area (Å²) in [7, 11) is 0. The zero-order valence-corrected chi connectivity index (χ0v) is 12.0. The van der Waals surface area contributed by atoms with Gasteiger partial charge in [-0.05, 0) is 25.0 Å². The smallest absolute Gasteiger partial charge is 0.328 e. The van der Waals surface area contributed by atoms with E-state index >= 15 is 0 Å². The maximum Gasteiger partial charge on any atom is 0.417 e. The summed E-state index contributed by atoms with van der Waals surface area (Å²) in [5.41, 5.74) is -0.554. The highest BCUT2D eigenvalue weighted by Crippen LogP contribution is 2.28. The Morgan fingerprint density at radius 2 is 1.95 bits per heavy atom. The topological polar surface area (TPSA) is 50.3 Å². The van der Waals surface area contributed by atoms with E-state index in [4.69, 9.17) is 0 Å². The normalized spacial score (nSPS) is 13.1. The third-order valence-corrected chi connectivity index (χ3v) is 3.32. The fourth-order valence-electron chi connectivity index (χ4n) is 1.71. The van der Waals surface area contributed by atoms with Crippen LogP contribution in [0.3, 0.4) is 0 Å². The molecule has 1 rings (SSSR count). The van der Waals surface area contributed by atoms with Gasteiger partial charge in [0.15, 0.2) is 0 Å². The van der Waals surface area contributed by atoms with E-state index in [2.05, 4.69) is 4.98 Å². The van der Waals surface area contributed by atoms with Crippen LogP contribution < -0.4 is 0 Å². The number of carbonyl (C=O) groups is 2. The molecule has 0 spiro atoms. The zero-order chi connectivity index (χ0) is 16.2. The van der Waals surface area contributed by atoms with Crippen LogP contribution in [0, 0.1) is 5.92 Å². The molecule has 1 aromatic rings. The zero-order valence-electron chi connectivity index (χ0n) is 12.0. The number of nitrogens with zero attached hydrogens (tertiary/aromatic N) is 2. The van der Waals surface area contributed by atoms with Gasteiger partial charge in [0.2, 0.25) is 6.29 Å². The molecular formula is C14H17F3N2O2. The number of aromatic nitrogens is 1. The van der Waals surface area contributed by atoms with Gasteiger partial charge in [-0.25, -0.2) is 0 Å². The number of alkyl halides is 3. The van der Waals surface area contributed by atoms with Crippen LogP contribution >= 0.6 is 0 Å². The lowest BCUT2D eigenvalue weighted by Crippen LogP contribution is -2.41. The highest BCUT2D eigenvalue weighted by molar-refractivity contribution is 6.23. The van der Waals surface area contributed by atoms with Crippen LogP contribution in [0.2, 0.25) is 0 Å². The predicted molar refractivity (Wildman–Crippen MR) is 70.2 cm³/mol. The number of aldehydes is 1. The Bertz CT molecular complexity index is 498. The lowest BCUT2D eigenvalue weighted by molar-refractivity contribution is -0.141. The summed E-state index contributed by atoms with van der Waals surface area (Å²) in [5.74, 6) is -0.610. The molecular weight excluding hydrogens is 285 g/mol. The number of pyridine rings is 1. The van der Waals surface area contributed by atoms with E-state index in [-0.39, 0.29) is 24.8 Å². The Labute approximate surface area is 121 Å². The molecule has 0 radical (unpaired) electrons. The van der Waals surface area contributed by atoms with Crippen molar-refractivity contribution in [2.75, 3.05) is 0 Å². The quantitative estimate of drug-likeness (QED) is 0.620. The molecule has 1 atom stereocenters. The second-order valence-corrected chi connectivity index (χ2v) is 5.10. The largest absolute Gasteiger partial charge is 0.417 e. The Morgan fingerprint density at radius 1 is 1.33 bits per heavy atom. The lowest BCUT2D eigenvalue weighted by Gasteiger charge is -2.30. The number of amides is 1. The molecule has 0 saturated heterocycles. The van der Waals surface area contributed by atoms with Crippen LogP contribution in [0.4, 0.5) is 13.2 Å². The molecule has 21 heavy (non-hydrogen) atoms. The van der Waals surface area contributed by atoms with Crippen molar-refractivity contribution in [3.8, 4) is 0 Å². The van der Waals surface area contributed by atoms with Crippen molar-refractivity contribution in [1.29, 1.82) is 0 Å². The van der Waals surface area contributed by atoms with Crippen LogP contribution in [-0.2, 0) is 22.3 Å². The first-order valence-corrected chi connectivity index (χ1v) is 6.44. The second kappa shape index (κ2) is 6.69. The fraction of sp³-hybridized carbons (Fsp3) is 0.500. The van der Waals surface area contributed by atoms with Gasteiger partial charge >= 0.3 is 6.18 Å². The Morgan fingerprint density at radius 3 is 2.33 bits per heavy atom. The minimum absolute atomic E-state index is 0.00490. The van der Waals surface area contributed by atoms with Gasteiger partial charge in [-0.15, -0.1) is 0 Å². The number of rotatable bonds is 5. The first-order valence-electron chi connectivity index (χ1n) is 6.44. The molecule has 4 nitrogen and oxygen atoms in total. The summed E-state index contributed by atoms with van der Waals surface area (Å²) in [6, 6.07) is 1.89. The molecule has 1 amide bonds. The fourth-order valence-corrected chi connectivity index (χ4v) is 1.71. The van der Waals surface area contributed by atoms with Crippen molar-refractivity contribution in [2.24, 2.45) is 5.92 Å². The molecule has 1 aromatic heterocycles. The number of hydrogen-bond donors (Lipinski definition) is 0. The monoisotopic (exact) mass is 302 g/mol. The SMILES string of the molecule is CC(C)C(C)N(Cc1ccc(C(F)(F)F)cn1)C(=O)C=O. The van der Waals surface area contributed by atoms with Crippen molar-refractivity contribution in [1.82, 2.24) is 9.88 Å². The molecule has 0 aliphatic rings. The van der Waals surface area contributed by atoms with Crippen molar-refractivity contribution in [3.63, 3.8) is 0 Å². The average molecular weight is 302 g/mol. The maximum absolute atomic E-state index is 12.4. The molecule has 0 aliphatic carbocycles. The molecule has 0 N–H and O–H groups in total. The van der Waals surface area contributed by atoms with E-state index in [9.17, 15) is 22.8 Å². The average Bonchev–Trinajstić information content (AvgIpc) is 2.42. The van der Waals surface area contributed by atoms with Gasteiger partial charge < -0.3 is 4.90 Å². The van der Waals surface area contributed by atoms with Gasteiger partial charge in [0.1, 0.15) is 0 Å². The van der Waals surface area contributed by atoms with E-state index in [1.807, 2.05) is 13.8 Å². The van der Waals surface area contributed by atoms with Crippen molar-refractivity contribution < 1.29 is 22.8 Å². The number of halogens is 3. The molecule has 0 bridgehead atoms. The van der Waals surface area contributed by atoms with Crippen LogP contribution in [0.15, 0.2) is 18.3 Å². The highest BCUT2D eigenvalue weighted by atomic mass is 19.4. The van der Waals surface area contributed by atoms with Gasteiger partial charge in [-0.2, -0.15) is 13.2 Å². The predicted octanol–water partition coefficient (Wildman–Crippen LogP) is 2.67. The second-order valence-electron chi connectivity index (χ2n) is 5.10. The Hall–Kier alpha value is -1.92. The molecule has 0 saturated carbocycles. The van der Waals surface area contributed by atoms with E-state index in [0.717, 1.165) is 12.3 Å². The Kier molecular flexibility index (Phi) is 5.46. The molecule has 1 heterocycles. The highest BCUT2D eigenvalue weighted by Gasteiger charge is 2.31. The van der Waals surface area contributed by atoms with Crippen LogP contribution in [0.25, 0.3) is 0 Å². The number of carbonyl (C=O) groups excluding carboxylic acids is 2. The molecule has 116 valence electrons. The van der Waals surface area contributed by atoms with Crippen molar-refractivity contribution in [2.45, 2.75) is 39.5 Å². The molecule has 0 aliphatic heterocycles. The lowest BCUT2D eigenvalue weighted by atomic mass is 10.0. The third kappa shape index (κ3) is 4.54. The summed E-state index contributed by atoms with van der Waals surface area (Å²) in [6.07, 6.45) is -3.53. The van der Waals surface area contributed by atoms with Gasteiger partial charge in [0.25, 0.3) is 5.91 Å². The van der Waals surface area contributed by atoms with Crippen LogP contribution in [-0.4, -0.2) is 28.1 Å². The minimum atomic E-state index is -4.45. The summed E-state index contributed by atoms with van der Waals surface area (Å²) < 4.78 is 37.3. The number of hydrogen-bond acceptors (Lipinski definition) is 3. The third-order valence-electron chi connectivity index (χ3n) is 3.32. The first-order chi connectivity index (χ1) is 9.66. The van der Waals surface area contributed by atoms with Crippen molar-refractivity contribution >= 4 is 12.2 Å².